The van der Waals surface area contributed by atoms with Crippen molar-refractivity contribution in [2.24, 2.45) is 16.7 Å². The van der Waals surface area contributed by atoms with Crippen molar-refractivity contribution in [2.45, 2.75) is 84.6 Å². The summed E-state index contributed by atoms with van der Waals surface area (Å²) in [5.41, 5.74) is 3.66. The summed E-state index contributed by atoms with van der Waals surface area (Å²) in [7, 11) is 0. The summed E-state index contributed by atoms with van der Waals surface area (Å²) in [6, 6.07) is 22.9. The Hall–Kier alpha value is -4.16. The molecular formula is C43H45F5N2O4. The number of halogens is 5. The first kappa shape index (κ1) is 38.1. The van der Waals surface area contributed by atoms with Crippen LogP contribution in [0.4, 0.5) is 22.0 Å². The molecule has 54 heavy (non-hydrogen) atoms. The van der Waals surface area contributed by atoms with Gasteiger partial charge in [0.2, 0.25) is 5.82 Å². The van der Waals surface area contributed by atoms with E-state index in [2.05, 4.69) is 37.9 Å². The number of likely N-dealkylation sites (tertiary alicyclic amines) is 1. The topological polar surface area (TPSA) is 71.0 Å². The number of nitrogens with one attached hydrogen (secondary N) is 1. The fourth-order valence-corrected chi connectivity index (χ4v) is 9.19. The van der Waals surface area contributed by atoms with Gasteiger partial charge in [-0.25, -0.2) is 22.0 Å². The van der Waals surface area contributed by atoms with E-state index in [-0.39, 0.29) is 42.1 Å². The quantitative estimate of drug-likeness (QED) is 0.102. The molecule has 4 aromatic carbocycles. The van der Waals surface area contributed by atoms with Gasteiger partial charge < -0.3 is 19.9 Å². The normalized spacial score (nSPS) is 26.5. The number of carbonyl (C=O) groups excluding carboxylic acids is 1. The summed E-state index contributed by atoms with van der Waals surface area (Å²) in [6.45, 7) is 10.8. The summed E-state index contributed by atoms with van der Waals surface area (Å²) in [6.07, 6.45) is 2.48. The van der Waals surface area contributed by atoms with Crippen LogP contribution in [0.15, 0.2) is 72.8 Å². The number of hydrogen-bond donors (Lipinski definition) is 2. The molecule has 2 aliphatic heterocycles. The standard InChI is InChI=1S/C43H45F5N2O4/c1-24-32(20-50-23-43(4)18-30(50)17-42(2,3)22-43)53-41(54-39(24)27-11-9-25(21-51)10-12-27)28-15-13-26(14-16-28)31-8-6-5-7-29(31)19-49-40(52)33-34(44)36(46)38(48)37(47)35(33)45/h5-16,24,30,32,39,41,51H,17-23H2,1-4H3,(H,49,52)/t24-,30?,32+,39+,41+,43?/m0/s1. The van der Waals surface area contributed by atoms with Crippen molar-refractivity contribution in [1.29, 1.82) is 0 Å². The molecule has 0 spiro atoms. The molecule has 0 aromatic heterocycles. The Morgan fingerprint density at radius 3 is 2.13 bits per heavy atom. The average molecular weight is 749 g/mol. The zero-order chi connectivity index (χ0) is 38.5. The average Bonchev–Trinajstić information content (AvgIpc) is 3.40. The minimum atomic E-state index is -2.33. The molecule has 6 nitrogen and oxygen atoms in total. The zero-order valence-corrected chi connectivity index (χ0v) is 30.8. The van der Waals surface area contributed by atoms with Crippen LogP contribution < -0.4 is 5.32 Å². The van der Waals surface area contributed by atoms with Crippen molar-refractivity contribution in [1.82, 2.24) is 10.2 Å². The smallest absolute Gasteiger partial charge is 0.257 e. The second-order valence-corrected chi connectivity index (χ2v) is 16.4. The Labute approximate surface area is 312 Å². The Kier molecular flexibility index (Phi) is 10.5. The van der Waals surface area contributed by atoms with E-state index in [1.807, 2.05) is 48.5 Å². The minimum Gasteiger partial charge on any atom is -0.392 e. The van der Waals surface area contributed by atoms with E-state index < -0.39 is 46.8 Å². The lowest BCUT2D eigenvalue weighted by atomic mass is 9.65. The zero-order valence-electron chi connectivity index (χ0n) is 30.8. The predicted octanol–water partition coefficient (Wildman–Crippen LogP) is 9.16. The summed E-state index contributed by atoms with van der Waals surface area (Å²) in [4.78, 5) is 15.3. The third kappa shape index (κ3) is 7.43. The van der Waals surface area contributed by atoms with Crippen LogP contribution in [0, 0.1) is 45.8 Å². The molecule has 2 N–H and O–H groups in total. The number of aliphatic hydroxyl groups is 1. The van der Waals surface area contributed by atoms with E-state index in [1.54, 1.807) is 24.3 Å². The van der Waals surface area contributed by atoms with Crippen molar-refractivity contribution < 1.29 is 41.3 Å². The maximum absolute atomic E-state index is 14.3. The SMILES string of the molecule is C[C@H]1[C@@H](CN2CC3(C)CC2CC(C)(C)C3)O[C@@H](c2ccc(-c3ccccc3CNC(=O)c3c(F)c(F)c(F)c(F)c3F)cc2)O[C@H]1c1ccc(CO)cc1. The molecule has 0 radical (unpaired) electrons. The van der Waals surface area contributed by atoms with E-state index in [0.717, 1.165) is 41.8 Å². The summed E-state index contributed by atoms with van der Waals surface area (Å²) < 4.78 is 83.2. The molecule has 4 aromatic rings. The Morgan fingerprint density at radius 1 is 0.833 bits per heavy atom. The first-order valence-corrected chi connectivity index (χ1v) is 18.4. The lowest BCUT2D eigenvalue weighted by molar-refractivity contribution is -0.276. The molecule has 1 aliphatic carbocycles. The fourth-order valence-electron chi connectivity index (χ4n) is 9.19. The number of rotatable bonds is 9. The Bertz CT molecular complexity index is 1990. The van der Waals surface area contributed by atoms with Crippen LogP contribution in [0.2, 0.25) is 0 Å². The number of amides is 1. The molecule has 3 fully saturated rings. The second kappa shape index (κ2) is 14.8. The van der Waals surface area contributed by atoms with Crippen molar-refractivity contribution in [2.75, 3.05) is 13.1 Å². The van der Waals surface area contributed by atoms with E-state index in [1.165, 1.54) is 12.8 Å². The second-order valence-electron chi connectivity index (χ2n) is 16.4. The van der Waals surface area contributed by atoms with Gasteiger partial charge in [0.15, 0.2) is 29.6 Å². The minimum absolute atomic E-state index is 0.0358. The molecule has 2 saturated heterocycles. The Balaban J connectivity index is 1.12. The lowest BCUT2D eigenvalue weighted by Gasteiger charge is -2.43. The van der Waals surface area contributed by atoms with Gasteiger partial charge in [-0.3, -0.25) is 9.69 Å². The van der Waals surface area contributed by atoms with E-state index in [9.17, 15) is 31.9 Å². The van der Waals surface area contributed by atoms with Crippen molar-refractivity contribution >= 4 is 5.91 Å². The van der Waals surface area contributed by atoms with Crippen LogP contribution in [-0.2, 0) is 22.6 Å². The maximum Gasteiger partial charge on any atom is 0.257 e. The molecule has 6 atom stereocenters. The van der Waals surface area contributed by atoms with Gasteiger partial charge in [-0.2, -0.15) is 0 Å². The predicted molar refractivity (Wildman–Crippen MR) is 193 cm³/mol. The number of nitrogens with zero attached hydrogens (tertiary/aromatic N) is 1. The molecule has 1 saturated carbocycles. The van der Waals surface area contributed by atoms with Crippen molar-refractivity contribution in [3.05, 3.63) is 130 Å². The highest BCUT2D eigenvalue weighted by molar-refractivity contribution is 5.95. The first-order chi connectivity index (χ1) is 25.7. The van der Waals surface area contributed by atoms with Crippen LogP contribution in [0.1, 0.15) is 92.0 Å². The van der Waals surface area contributed by atoms with Crippen LogP contribution in [0.3, 0.4) is 0 Å². The van der Waals surface area contributed by atoms with E-state index in [0.29, 0.717) is 17.2 Å². The number of ether oxygens (including phenoxy) is 2. The summed E-state index contributed by atoms with van der Waals surface area (Å²) in [5.74, 6) is -12.5. The van der Waals surface area contributed by atoms with Gasteiger partial charge in [0.1, 0.15) is 5.56 Å². The van der Waals surface area contributed by atoms with Gasteiger partial charge in [-0.05, 0) is 57.9 Å². The number of aliphatic hydroxyl groups excluding tert-OH is 1. The van der Waals surface area contributed by atoms with Gasteiger partial charge in [0.25, 0.3) is 5.91 Å². The molecule has 286 valence electrons. The third-order valence-corrected chi connectivity index (χ3v) is 11.4. The molecule has 11 heteroatoms. The van der Waals surface area contributed by atoms with Crippen LogP contribution in [0.25, 0.3) is 11.1 Å². The molecule has 2 unspecified atom stereocenters. The molecule has 2 bridgehead atoms. The van der Waals surface area contributed by atoms with Crippen LogP contribution in [-0.4, -0.2) is 41.1 Å². The van der Waals surface area contributed by atoms with Gasteiger partial charge >= 0.3 is 0 Å². The van der Waals surface area contributed by atoms with Gasteiger partial charge in [-0.1, -0.05) is 100 Å². The highest BCUT2D eigenvalue weighted by atomic mass is 19.2. The monoisotopic (exact) mass is 748 g/mol. The van der Waals surface area contributed by atoms with Gasteiger partial charge in [0.05, 0.1) is 18.8 Å². The summed E-state index contributed by atoms with van der Waals surface area (Å²) >= 11 is 0. The molecule has 1 amide bonds. The first-order valence-electron chi connectivity index (χ1n) is 18.4. The third-order valence-electron chi connectivity index (χ3n) is 11.4. The van der Waals surface area contributed by atoms with Gasteiger partial charge in [0, 0.05) is 37.2 Å². The highest BCUT2D eigenvalue weighted by Gasteiger charge is 2.51. The largest absolute Gasteiger partial charge is 0.392 e. The number of carbonyl (C=O) groups is 1. The van der Waals surface area contributed by atoms with Gasteiger partial charge in [-0.15, -0.1) is 0 Å². The maximum atomic E-state index is 14.3. The van der Waals surface area contributed by atoms with Crippen LogP contribution >= 0.6 is 0 Å². The summed E-state index contributed by atoms with van der Waals surface area (Å²) in [5, 5.41) is 11.9. The molecular weight excluding hydrogens is 703 g/mol. The molecule has 2 heterocycles. The van der Waals surface area contributed by atoms with Crippen molar-refractivity contribution in [3.63, 3.8) is 0 Å². The Morgan fingerprint density at radius 2 is 1.46 bits per heavy atom. The van der Waals surface area contributed by atoms with Crippen molar-refractivity contribution in [3.8, 4) is 11.1 Å². The lowest BCUT2D eigenvalue weighted by Crippen LogP contribution is -2.46. The number of benzene rings is 4. The fraction of sp³-hybridized carbons (Fsp3) is 0.419. The van der Waals surface area contributed by atoms with E-state index >= 15 is 0 Å². The van der Waals surface area contributed by atoms with E-state index in [4.69, 9.17) is 9.47 Å². The highest BCUT2D eigenvalue weighted by Crippen LogP contribution is 2.53. The molecule has 7 rings (SSSR count). The van der Waals surface area contributed by atoms with Crippen LogP contribution in [0.5, 0.6) is 0 Å². The molecule has 3 aliphatic rings. The number of hydrogen-bond acceptors (Lipinski definition) is 5. The number of fused-ring (bicyclic) bond motifs is 2.